The topological polar surface area (TPSA) is 86.1 Å². The molecule has 1 N–H and O–H groups in total. The van der Waals surface area contributed by atoms with E-state index in [4.69, 9.17) is 0 Å². The van der Waals surface area contributed by atoms with E-state index in [-0.39, 0.29) is 12.5 Å². The molecule has 2 aromatic heterocycles. The Hall–Kier alpha value is -3.93. The Morgan fingerprint density at radius 3 is 2.60 bits per heavy atom. The number of pyridine rings is 1. The number of alkyl halides is 3. The minimum absolute atomic E-state index is 0.0589. The van der Waals surface area contributed by atoms with Gasteiger partial charge in [0, 0.05) is 68.2 Å². The smallest absolute Gasteiger partial charge is 0.339 e. The van der Waals surface area contributed by atoms with Crippen molar-refractivity contribution in [2.75, 3.05) is 44.6 Å². The average Bonchev–Trinajstić information content (AvgIpc) is 3.42. The lowest BCUT2D eigenvalue weighted by molar-refractivity contribution is -0.148. The summed E-state index contributed by atoms with van der Waals surface area (Å²) in [5.74, 6) is -0.0340. The fourth-order valence-electron chi connectivity index (χ4n) is 6.11. The van der Waals surface area contributed by atoms with Crippen LogP contribution in [0, 0.1) is 0 Å². The normalized spacial score (nSPS) is 19.9. The van der Waals surface area contributed by atoms with E-state index in [0.717, 1.165) is 49.4 Å². The minimum atomic E-state index is -4.34. The van der Waals surface area contributed by atoms with Gasteiger partial charge in [-0.3, -0.25) is 14.5 Å². The zero-order valence-corrected chi connectivity index (χ0v) is 23.3. The number of halogens is 3. The Morgan fingerprint density at radius 1 is 1.00 bits per heavy atom. The Labute approximate surface area is 242 Å². The number of anilines is 2. The summed E-state index contributed by atoms with van der Waals surface area (Å²) < 4.78 is 39.2. The molecule has 1 aromatic carbocycles. The molecule has 9 nitrogen and oxygen atoms in total. The fraction of sp³-hybridized carbons (Fsp3) is 0.467. The summed E-state index contributed by atoms with van der Waals surface area (Å²) in [6, 6.07) is 11.6. The van der Waals surface area contributed by atoms with Gasteiger partial charge in [0.1, 0.15) is 0 Å². The summed E-state index contributed by atoms with van der Waals surface area (Å²) in [5.41, 5.74) is 3.88. The molecule has 1 unspecified atom stereocenters. The third kappa shape index (κ3) is 6.28. The van der Waals surface area contributed by atoms with Gasteiger partial charge >= 0.3 is 6.18 Å². The molecule has 5 heterocycles. The molecule has 2 fully saturated rings. The number of rotatable bonds is 6. The molecule has 3 aliphatic rings. The fourth-order valence-corrected chi connectivity index (χ4v) is 6.11. The lowest BCUT2D eigenvalue weighted by Crippen LogP contribution is -2.56. The van der Waals surface area contributed by atoms with Crippen LogP contribution in [-0.4, -0.2) is 92.6 Å². The lowest BCUT2D eigenvalue weighted by Gasteiger charge is -2.44. The van der Waals surface area contributed by atoms with Gasteiger partial charge in [0.15, 0.2) is 5.65 Å². The van der Waals surface area contributed by atoms with E-state index in [1.807, 2.05) is 47.4 Å². The zero-order chi connectivity index (χ0) is 29.3. The van der Waals surface area contributed by atoms with E-state index in [0.29, 0.717) is 36.2 Å². The van der Waals surface area contributed by atoms with Gasteiger partial charge in [-0.05, 0) is 67.8 Å². The van der Waals surface area contributed by atoms with Crippen LogP contribution >= 0.6 is 0 Å². The molecule has 0 radical (unpaired) electrons. The summed E-state index contributed by atoms with van der Waals surface area (Å²) in [5, 5.41) is 7.76. The van der Waals surface area contributed by atoms with Crippen LogP contribution < -0.4 is 5.32 Å². The maximum Gasteiger partial charge on any atom is 0.389 e. The van der Waals surface area contributed by atoms with E-state index in [2.05, 4.69) is 20.3 Å². The van der Waals surface area contributed by atoms with Gasteiger partial charge in [0.05, 0.1) is 6.42 Å². The molecule has 0 bridgehead atoms. The number of aromatic nitrogens is 3. The zero-order valence-electron chi connectivity index (χ0n) is 23.3. The summed E-state index contributed by atoms with van der Waals surface area (Å²) in [7, 11) is 0. The molecule has 6 rings (SSSR count). The molecule has 0 spiro atoms. The van der Waals surface area contributed by atoms with Crippen LogP contribution in [0.4, 0.5) is 24.8 Å². The number of hydrogen-bond acceptors (Lipinski definition) is 6. The third-order valence-electron chi connectivity index (χ3n) is 8.41. The van der Waals surface area contributed by atoms with Gasteiger partial charge in [-0.2, -0.15) is 18.2 Å². The van der Waals surface area contributed by atoms with Gasteiger partial charge in [-0.15, -0.1) is 5.10 Å². The van der Waals surface area contributed by atoms with Crippen LogP contribution in [0.5, 0.6) is 0 Å². The van der Waals surface area contributed by atoms with E-state index < -0.39 is 24.9 Å². The molecule has 42 heavy (non-hydrogen) atoms. The monoisotopic (exact) mass is 581 g/mol. The number of piperidine rings is 1. The van der Waals surface area contributed by atoms with Crippen molar-refractivity contribution >= 4 is 34.7 Å². The van der Waals surface area contributed by atoms with Crippen molar-refractivity contribution in [3.05, 3.63) is 59.8 Å². The van der Waals surface area contributed by atoms with E-state index >= 15 is 0 Å². The molecule has 0 saturated carbocycles. The largest absolute Gasteiger partial charge is 0.389 e. The van der Waals surface area contributed by atoms with Gasteiger partial charge in [0.2, 0.25) is 11.9 Å². The number of nitrogens with one attached hydrogen (secondary N) is 1. The van der Waals surface area contributed by atoms with Crippen molar-refractivity contribution in [2.24, 2.45) is 0 Å². The first-order chi connectivity index (χ1) is 20.2. The second kappa shape index (κ2) is 11.7. The molecular weight excluding hydrogens is 547 g/mol. The molecule has 0 aliphatic carbocycles. The second-order valence-electron chi connectivity index (χ2n) is 11.2. The number of fused-ring (bicyclic) bond motifs is 2. The number of carbonyl (C=O) groups excluding carboxylic acids is 2. The summed E-state index contributed by atoms with van der Waals surface area (Å²) >= 11 is 0. The van der Waals surface area contributed by atoms with Crippen LogP contribution in [0.15, 0.2) is 48.7 Å². The third-order valence-corrected chi connectivity index (χ3v) is 8.41. The van der Waals surface area contributed by atoms with Crippen molar-refractivity contribution in [3.8, 4) is 0 Å². The van der Waals surface area contributed by atoms with E-state index in [9.17, 15) is 22.8 Å². The van der Waals surface area contributed by atoms with Crippen molar-refractivity contribution in [3.63, 3.8) is 0 Å². The molecule has 12 heteroatoms. The number of benzene rings is 1. The maximum atomic E-state index is 13.2. The number of nitrogens with zero attached hydrogens (tertiary/aromatic N) is 6. The standard InChI is InChI=1S/C30H34F3N7O2/c31-30(32,33)13-10-26(41)38-16-11-21(12-17-38)25-5-3-15-40-27(25)35-29(36-40)34-23-8-6-22(7-9-23)28(42)39-19-18-37-14-2-1-4-24(37)20-39/h3,5-9,11,15,24H,1-2,4,10,12-14,16-20H2,(H,34,36). The first-order valence-corrected chi connectivity index (χ1v) is 14.5. The van der Waals surface area contributed by atoms with Crippen molar-refractivity contribution < 1.29 is 22.8 Å². The highest BCUT2D eigenvalue weighted by atomic mass is 19.4. The molecule has 3 aliphatic heterocycles. The molecule has 222 valence electrons. The number of amides is 2. The Morgan fingerprint density at radius 2 is 1.83 bits per heavy atom. The summed E-state index contributed by atoms with van der Waals surface area (Å²) in [4.78, 5) is 36.0. The average molecular weight is 582 g/mol. The highest BCUT2D eigenvalue weighted by Gasteiger charge is 2.32. The Bertz CT molecular complexity index is 1480. The first-order valence-electron chi connectivity index (χ1n) is 14.5. The summed E-state index contributed by atoms with van der Waals surface area (Å²) in [6.07, 6.45) is 1.82. The van der Waals surface area contributed by atoms with Crippen molar-refractivity contribution in [1.29, 1.82) is 0 Å². The predicted octanol–water partition coefficient (Wildman–Crippen LogP) is 4.74. The van der Waals surface area contributed by atoms with Crippen LogP contribution in [0.2, 0.25) is 0 Å². The quantitative estimate of drug-likeness (QED) is 0.453. The lowest BCUT2D eigenvalue weighted by atomic mass is 9.99. The van der Waals surface area contributed by atoms with Crippen molar-refractivity contribution in [1.82, 2.24) is 29.3 Å². The highest BCUT2D eigenvalue weighted by Crippen LogP contribution is 2.28. The van der Waals surface area contributed by atoms with Crippen LogP contribution in [0.25, 0.3) is 11.2 Å². The Kier molecular flexibility index (Phi) is 7.89. The molecular formula is C30H34F3N7O2. The van der Waals surface area contributed by atoms with Crippen LogP contribution in [-0.2, 0) is 4.79 Å². The Balaban J connectivity index is 1.10. The predicted molar refractivity (Wildman–Crippen MR) is 152 cm³/mol. The van der Waals surface area contributed by atoms with E-state index in [1.54, 1.807) is 10.7 Å². The van der Waals surface area contributed by atoms with Gasteiger partial charge < -0.3 is 15.1 Å². The van der Waals surface area contributed by atoms with Gasteiger partial charge in [-0.25, -0.2) is 4.52 Å². The molecule has 2 saturated heterocycles. The molecule has 3 aromatic rings. The highest BCUT2D eigenvalue weighted by molar-refractivity contribution is 5.94. The number of hydrogen-bond donors (Lipinski definition) is 1. The maximum absolute atomic E-state index is 13.2. The van der Waals surface area contributed by atoms with Crippen LogP contribution in [0.3, 0.4) is 0 Å². The minimum Gasteiger partial charge on any atom is -0.339 e. The SMILES string of the molecule is O=C(CCC(F)(F)F)N1CC=C(c2cccn3nc(Nc4ccc(C(=O)N5CCN6CCCCC6C5)cc4)nc23)CC1. The van der Waals surface area contributed by atoms with Crippen LogP contribution in [0.1, 0.15) is 54.4 Å². The van der Waals surface area contributed by atoms with Crippen molar-refractivity contribution in [2.45, 2.75) is 50.7 Å². The second-order valence-corrected chi connectivity index (χ2v) is 11.2. The van der Waals surface area contributed by atoms with Gasteiger partial charge in [-0.1, -0.05) is 12.5 Å². The molecule has 1 atom stereocenters. The number of piperazine rings is 1. The number of carbonyl (C=O) groups is 2. The van der Waals surface area contributed by atoms with E-state index in [1.165, 1.54) is 17.7 Å². The molecule has 2 amide bonds. The first kappa shape index (κ1) is 28.2. The summed E-state index contributed by atoms with van der Waals surface area (Å²) in [6.45, 7) is 4.23. The van der Waals surface area contributed by atoms with Gasteiger partial charge in [0.25, 0.3) is 5.91 Å².